The van der Waals surface area contributed by atoms with Gasteiger partial charge in [-0.05, 0) is 12.5 Å². The van der Waals surface area contributed by atoms with Crippen LogP contribution in [-0.2, 0) is 13.0 Å². The molecular weight excluding hydrogens is 216 g/mol. The highest BCUT2D eigenvalue weighted by Crippen LogP contribution is 2.16. The van der Waals surface area contributed by atoms with Crippen LogP contribution < -0.4 is 0 Å². The third-order valence-corrected chi connectivity index (χ3v) is 2.66. The molecule has 2 aromatic heterocycles. The standard InChI is InChI=1S/C13H16N2O2/c1-3-6-15-9-10(8-14-15)13(16)11-5-7-17-12(11)4-2/h5,7-9H,3-4,6H2,1-2H3. The molecule has 0 aliphatic carbocycles. The van der Waals surface area contributed by atoms with E-state index in [1.807, 2.05) is 6.92 Å². The third-order valence-electron chi connectivity index (χ3n) is 2.66. The predicted molar refractivity (Wildman–Crippen MR) is 64.0 cm³/mol. The molecule has 0 atom stereocenters. The first kappa shape index (κ1) is 11.6. The van der Waals surface area contributed by atoms with Crippen molar-refractivity contribution in [2.75, 3.05) is 0 Å². The van der Waals surface area contributed by atoms with Gasteiger partial charge in [0.25, 0.3) is 0 Å². The van der Waals surface area contributed by atoms with Crippen molar-refractivity contribution in [1.82, 2.24) is 9.78 Å². The fourth-order valence-electron chi connectivity index (χ4n) is 1.80. The molecule has 0 unspecified atom stereocenters. The second-order valence-corrected chi connectivity index (χ2v) is 3.93. The van der Waals surface area contributed by atoms with E-state index in [1.165, 1.54) is 0 Å². The lowest BCUT2D eigenvalue weighted by Crippen LogP contribution is -2.02. The number of carbonyl (C=O) groups is 1. The second-order valence-electron chi connectivity index (χ2n) is 3.93. The van der Waals surface area contributed by atoms with Gasteiger partial charge in [0.15, 0.2) is 5.78 Å². The second kappa shape index (κ2) is 4.99. The van der Waals surface area contributed by atoms with E-state index in [1.54, 1.807) is 29.4 Å². The molecule has 0 saturated heterocycles. The number of furan rings is 1. The van der Waals surface area contributed by atoms with Crippen LogP contribution in [0.15, 0.2) is 29.1 Å². The number of aryl methyl sites for hydroxylation is 2. The topological polar surface area (TPSA) is 48.0 Å². The summed E-state index contributed by atoms with van der Waals surface area (Å²) in [6.07, 6.45) is 6.68. The lowest BCUT2D eigenvalue weighted by molar-refractivity contribution is 0.103. The molecule has 4 nitrogen and oxygen atoms in total. The summed E-state index contributed by atoms with van der Waals surface area (Å²) in [7, 11) is 0. The molecule has 4 heteroatoms. The zero-order chi connectivity index (χ0) is 12.3. The molecule has 0 N–H and O–H groups in total. The van der Waals surface area contributed by atoms with Gasteiger partial charge in [-0.3, -0.25) is 9.48 Å². The van der Waals surface area contributed by atoms with Crippen LogP contribution in [0.25, 0.3) is 0 Å². The van der Waals surface area contributed by atoms with Gasteiger partial charge >= 0.3 is 0 Å². The maximum Gasteiger partial charge on any atom is 0.199 e. The molecule has 2 rings (SSSR count). The average molecular weight is 232 g/mol. The Kier molecular flexibility index (Phi) is 3.42. The quantitative estimate of drug-likeness (QED) is 0.744. The average Bonchev–Trinajstić information content (AvgIpc) is 2.96. The molecule has 0 radical (unpaired) electrons. The van der Waals surface area contributed by atoms with Crippen LogP contribution in [-0.4, -0.2) is 15.6 Å². The van der Waals surface area contributed by atoms with Crippen LogP contribution in [0.2, 0.25) is 0 Å². The predicted octanol–water partition coefficient (Wildman–Crippen LogP) is 2.68. The Morgan fingerprint density at radius 3 is 3.00 bits per heavy atom. The largest absolute Gasteiger partial charge is 0.469 e. The van der Waals surface area contributed by atoms with Crippen molar-refractivity contribution < 1.29 is 9.21 Å². The smallest absolute Gasteiger partial charge is 0.199 e. The number of carbonyl (C=O) groups excluding carboxylic acids is 1. The number of rotatable bonds is 5. The molecule has 17 heavy (non-hydrogen) atoms. The van der Waals surface area contributed by atoms with E-state index in [-0.39, 0.29) is 5.78 Å². The Morgan fingerprint density at radius 2 is 2.29 bits per heavy atom. The maximum atomic E-state index is 12.2. The van der Waals surface area contributed by atoms with Gasteiger partial charge in [0.1, 0.15) is 5.76 Å². The summed E-state index contributed by atoms with van der Waals surface area (Å²) in [5, 5.41) is 4.16. The number of hydrogen-bond donors (Lipinski definition) is 0. The highest BCUT2D eigenvalue weighted by atomic mass is 16.3. The van der Waals surface area contributed by atoms with Gasteiger partial charge in [-0.25, -0.2) is 0 Å². The molecule has 0 aromatic carbocycles. The van der Waals surface area contributed by atoms with Crippen molar-refractivity contribution in [3.05, 3.63) is 41.6 Å². The molecule has 0 fully saturated rings. The van der Waals surface area contributed by atoms with Crippen LogP contribution in [0, 0.1) is 0 Å². The summed E-state index contributed by atoms with van der Waals surface area (Å²) >= 11 is 0. The van der Waals surface area contributed by atoms with Gasteiger partial charge in [0.05, 0.1) is 23.6 Å². The molecule has 2 heterocycles. The monoisotopic (exact) mass is 232 g/mol. The van der Waals surface area contributed by atoms with E-state index in [0.717, 1.165) is 25.1 Å². The Hall–Kier alpha value is -1.84. The Bertz CT molecular complexity index is 511. The molecular formula is C13H16N2O2. The van der Waals surface area contributed by atoms with Crippen molar-refractivity contribution in [2.24, 2.45) is 0 Å². The SMILES string of the molecule is CCCn1cc(C(=O)c2ccoc2CC)cn1. The Morgan fingerprint density at radius 1 is 1.47 bits per heavy atom. The van der Waals surface area contributed by atoms with E-state index in [9.17, 15) is 4.79 Å². The normalized spacial score (nSPS) is 10.7. The van der Waals surface area contributed by atoms with Crippen molar-refractivity contribution in [2.45, 2.75) is 33.2 Å². The van der Waals surface area contributed by atoms with Gasteiger partial charge in [-0.1, -0.05) is 13.8 Å². The van der Waals surface area contributed by atoms with Gasteiger partial charge in [0, 0.05) is 19.2 Å². The summed E-state index contributed by atoms with van der Waals surface area (Å²) in [6, 6.07) is 1.72. The number of aromatic nitrogens is 2. The summed E-state index contributed by atoms with van der Waals surface area (Å²) < 4.78 is 7.05. The van der Waals surface area contributed by atoms with Crippen molar-refractivity contribution in [3.8, 4) is 0 Å². The molecule has 2 aromatic rings. The molecule has 0 bridgehead atoms. The fraction of sp³-hybridized carbons (Fsp3) is 0.385. The van der Waals surface area contributed by atoms with Crippen molar-refractivity contribution in [1.29, 1.82) is 0 Å². The summed E-state index contributed by atoms with van der Waals surface area (Å²) in [5.41, 5.74) is 1.26. The minimum atomic E-state index is -0.0158. The highest BCUT2D eigenvalue weighted by Gasteiger charge is 2.16. The highest BCUT2D eigenvalue weighted by molar-refractivity contribution is 6.09. The molecule has 0 saturated carbocycles. The number of ketones is 1. The van der Waals surface area contributed by atoms with Gasteiger partial charge in [-0.2, -0.15) is 5.10 Å². The lowest BCUT2D eigenvalue weighted by Gasteiger charge is -1.97. The molecule has 0 spiro atoms. The molecule has 0 aliphatic heterocycles. The van der Waals surface area contributed by atoms with Gasteiger partial charge in [-0.15, -0.1) is 0 Å². The van der Waals surface area contributed by atoms with Crippen LogP contribution in [0.3, 0.4) is 0 Å². The zero-order valence-corrected chi connectivity index (χ0v) is 10.1. The Labute approximate surface area is 100 Å². The first-order chi connectivity index (χ1) is 8.26. The summed E-state index contributed by atoms with van der Waals surface area (Å²) in [5.74, 6) is 0.719. The first-order valence-corrected chi connectivity index (χ1v) is 5.89. The van der Waals surface area contributed by atoms with Crippen LogP contribution in [0.5, 0.6) is 0 Å². The molecule has 0 aliphatic rings. The van der Waals surface area contributed by atoms with E-state index < -0.39 is 0 Å². The lowest BCUT2D eigenvalue weighted by atomic mass is 10.1. The number of nitrogens with zero attached hydrogens (tertiary/aromatic N) is 2. The Balaban J connectivity index is 2.24. The molecule has 0 amide bonds. The van der Waals surface area contributed by atoms with E-state index >= 15 is 0 Å². The summed E-state index contributed by atoms with van der Waals surface area (Å²) in [4.78, 5) is 12.2. The first-order valence-electron chi connectivity index (χ1n) is 5.89. The minimum absolute atomic E-state index is 0.0158. The van der Waals surface area contributed by atoms with Crippen LogP contribution in [0.4, 0.5) is 0 Å². The van der Waals surface area contributed by atoms with Gasteiger partial charge < -0.3 is 4.42 Å². The van der Waals surface area contributed by atoms with E-state index in [0.29, 0.717) is 11.1 Å². The summed E-state index contributed by atoms with van der Waals surface area (Å²) in [6.45, 7) is 4.88. The van der Waals surface area contributed by atoms with Crippen LogP contribution >= 0.6 is 0 Å². The van der Waals surface area contributed by atoms with E-state index in [4.69, 9.17) is 4.42 Å². The van der Waals surface area contributed by atoms with Gasteiger partial charge in [0.2, 0.25) is 0 Å². The van der Waals surface area contributed by atoms with E-state index in [2.05, 4.69) is 12.0 Å². The fourth-order valence-corrected chi connectivity index (χ4v) is 1.80. The number of hydrogen-bond acceptors (Lipinski definition) is 3. The molecule has 90 valence electrons. The zero-order valence-electron chi connectivity index (χ0n) is 10.1. The van der Waals surface area contributed by atoms with Crippen molar-refractivity contribution in [3.63, 3.8) is 0 Å². The maximum absolute atomic E-state index is 12.2. The minimum Gasteiger partial charge on any atom is -0.469 e. The van der Waals surface area contributed by atoms with Crippen molar-refractivity contribution >= 4 is 5.78 Å². The van der Waals surface area contributed by atoms with Crippen LogP contribution in [0.1, 0.15) is 41.9 Å². The third kappa shape index (κ3) is 2.30.